The molecule has 2 aromatic heterocycles. The predicted molar refractivity (Wildman–Crippen MR) is 374 cm³/mol. The summed E-state index contributed by atoms with van der Waals surface area (Å²) in [5.41, 5.74) is 30.9. The molecule has 15 N–H and O–H groups in total. The molecule has 15 atom stereocenters. The van der Waals surface area contributed by atoms with E-state index in [2.05, 4.69) is 15.3 Å². The zero-order chi connectivity index (χ0) is 76.6. The van der Waals surface area contributed by atoms with E-state index in [9.17, 15) is 63.4 Å². The summed E-state index contributed by atoms with van der Waals surface area (Å²) in [7, 11) is -5.36. The van der Waals surface area contributed by atoms with Gasteiger partial charge in [0.05, 0.1) is 53.6 Å². The van der Waals surface area contributed by atoms with Gasteiger partial charge in [0.2, 0.25) is 35.4 Å². The Bertz CT molecular complexity index is 4170. The summed E-state index contributed by atoms with van der Waals surface area (Å²) < 4.78 is 37.8. The molecule has 0 spiro atoms. The Labute approximate surface area is 614 Å². The summed E-state index contributed by atoms with van der Waals surface area (Å²) in [5.74, 6) is -8.27. The molecule has 11 unspecified atom stereocenters. The standard InChI is InChI=1S/C70H98N13O17P.CN.Co/c1-33-21-46-47(22-34(33)2)83(32-78-46)65-60(94)61(48(30-85)98-65)100-101(95,96)99-35(3)27-77-55(91)19-20-67(9)44(23-52(73)88)64-70(12)69(11,26-54(75)90)43(15-18-56(92)97-31-39-28-76-38(6)59(93)40(39)29-84)58(82-70)37(5)63-68(10,25-53(74)89)41(13-16-50(71)86)45(79-63)24-49-66(7,8)42(14-17-51(72)87)57(80-49)36(4)62(67)81-64;1-2;/h21-22,24,28,32,35,41-44,48,60-61,64-65,84-85,94H,13-20,23,25-27,29-31H2,1-12H3,(H14,71,72,73,74,75,77,79,80,81,82,86,87,88,89,90,91,93,95,96);;/q;-1;+3/p-2/t35?,41?,42?,43?,44?,48-,60-,61-,64?,65+,67?,68?,69?,70?;;/m1../s1. The monoisotopic (exact) mass is 1510 g/mol. The number of esters is 1. The first-order chi connectivity index (χ1) is 48.2. The molecule has 566 valence electrons. The van der Waals surface area contributed by atoms with Gasteiger partial charge in [0, 0.05) is 126 Å². The number of carbonyl (C=O) groups is 7. The van der Waals surface area contributed by atoms with Crippen molar-refractivity contribution in [3.63, 3.8) is 0 Å². The van der Waals surface area contributed by atoms with Gasteiger partial charge in [-0.25, -0.2) is 4.98 Å². The Kier molecular flexibility index (Phi) is 25.9. The van der Waals surface area contributed by atoms with Crippen molar-refractivity contribution < 1.29 is 98.7 Å². The Morgan fingerprint density at radius 1 is 0.817 bits per heavy atom. The first kappa shape index (κ1) is 83.2. The average molecular weight is 1510 g/mol. The summed E-state index contributed by atoms with van der Waals surface area (Å²) >= 11 is 0. The zero-order valence-corrected chi connectivity index (χ0v) is 62.5. The third-order valence-electron chi connectivity index (χ3n) is 22.4. The number of hydrogen-bond donors (Lipinski definition) is 10. The minimum atomic E-state index is -5.36. The van der Waals surface area contributed by atoms with Crippen molar-refractivity contribution in [1.82, 2.24) is 19.9 Å². The summed E-state index contributed by atoms with van der Waals surface area (Å²) in [6.45, 7) is 24.1. The van der Waals surface area contributed by atoms with E-state index < -0.39 is 163 Å². The van der Waals surface area contributed by atoms with Crippen LogP contribution >= 0.6 is 7.82 Å². The first-order valence-corrected chi connectivity index (χ1v) is 35.7. The molecule has 6 aliphatic heterocycles. The van der Waals surface area contributed by atoms with Crippen molar-refractivity contribution in [2.45, 2.75) is 209 Å². The van der Waals surface area contributed by atoms with Gasteiger partial charge >= 0.3 is 22.7 Å². The molecule has 6 aliphatic rings. The number of nitrogens with one attached hydrogen (secondary N) is 1. The molecule has 31 nitrogen and oxygen atoms in total. The van der Waals surface area contributed by atoms with Crippen LogP contribution < -0.4 is 38.9 Å². The van der Waals surface area contributed by atoms with Gasteiger partial charge in [0.25, 0.3) is 7.82 Å². The number of hydrogen-bond acceptors (Lipinski definition) is 23. The van der Waals surface area contributed by atoms with Crippen molar-refractivity contribution in [2.75, 3.05) is 13.2 Å². The molecule has 33 heteroatoms. The number of aromatic hydroxyl groups is 1. The van der Waals surface area contributed by atoms with Crippen LogP contribution in [-0.4, -0.2) is 143 Å². The Balaban J connectivity index is 0.00000500. The number of nitrogens with two attached hydrogens (primary N) is 5. The number of aromatic nitrogens is 3. The van der Waals surface area contributed by atoms with E-state index >= 15 is 0 Å². The van der Waals surface area contributed by atoms with Crippen LogP contribution in [0.1, 0.15) is 167 Å². The summed E-state index contributed by atoms with van der Waals surface area (Å²) in [6, 6.07) is 2.56. The second-order valence-electron chi connectivity index (χ2n) is 29.5. The third-order valence-corrected chi connectivity index (χ3v) is 23.5. The van der Waals surface area contributed by atoms with Gasteiger partial charge in [-0.15, -0.1) is 0 Å². The number of aliphatic hydroxyl groups is 3. The number of amides is 6. The fraction of sp³-hybridized carbons (Fsp3) is 0.592. The van der Waals surface area contributed by atoms with Gasteiger partial charge in [-0.1, -0.05) is 40.7 Å². The van der Waals surface area contributed by atoms with E-state index in [1.54, 1.807) is 47.6 Å². The number of aliphatic imine (C=N–C) groups is 3. The van der Waals surface area contributed by atoms with Crippen molar-refractivity contribution >= 4 is 77.4 Å². The number of rotatable bonds is 29. The van der Waals surface area contributed by atoms with Gasteiger partial charge in [-0.3, -0.25) is 58.1 Å². The topological polar surface area (TPSA) is 525 Å². The Morgan fingerprint density at radius 2 is 1.44 bits per heavy atom. The fourth-order valence-corrected chi connectivity index (χ4v) is 17.6. The number of primary amides is 5. The number of carbonyl (C=O) groups excluding carboxylic acids is 7. The number of phosphoric ester groups is 1. The van der Waals surface area contributed by atoms with Crippen molar-refractivity contribution in [2.24, 2.45) is 89.0 Å². The first-order valence-electron chi connectivity index (χ1n) is 34.2. The SMILES string of the molecule is CC1=C2N=C(C=C3N=C(C(C)=C4[N-]C(C(CC(N)=O)C4(C)CCC(=O)NCC(C)OP(=O)([O-])O[C@H]4[C@@H](O)[C@@H](n5cnc6cc(C)c(C)cc65)O[C@@H]4CO)C4(C)N=C1C(CCC(=O)OCc1cnc(C)c(O)c1CO)C4(C)CC(N)=O)C(CCC(N)=O)C3(C)C)C(CCC(N)=O)C2(C)CC(N)=O.[C-]#N.[Co+3]. The molecule has 8 bridgehead atoms. The number of fused-ring (bicyclic) bond motifs is 7. The molecule has 6 amide bonds. The maximum Gasteiger partial charge on any atom is 3.00 e. The number of benzene rings is 1. The second-order valence-corrected chi connectivity index (χ2v) is 30.9. The molecular weight excluding hydrogens is 1410 g/mol. The summed E-state index contributed by atoms with van der Waals surface area (Å²) in [6.07, 6.45) is -4.25. The third kappa shape index (κ3) is 16.3. The smallest absolute Gasteiger partial charge is 0.756 e. The molecule has 104 heavy (non-hydrogen) atoms. The van der Waals surface area contributed by atoms with E-state index in [-0.39, 0.29) is 110 Å². The number of phosphoric acid groups is 1. The minimum absolute atomic E-state index is 0. The second kappa shape index (κ2) is 32.3. The van der Waals surface area contributed by atoms with Crippen LogP contribution in [-0.2, 0) is 86.6 Å². The fourth-order valence-electron chi connectivity index (χ4n) is 16.5. The maximum atomic E-state index is 14.5. The minimum Gasteiger partial charge on any atom is -0.756 e. The van der Waals surface area contributed by atoms with Gasteiger partial charge in [-0.05, 0) is 126 Å². The maximum absolute atomic E-state index is 14.5. The molecule has 2 saturated heterocycles. The van der Waals surface area contributed by atoms with Gasteiger partial charge in [0.15, 0.2) is 6.23 Å². The van der Waals surface area contributed by atoms with E-state index in [1.165, 1.54) is 24.0 Å². The molecule has 0 radical (unpaired) electrons. The quantitative estimate of drug-likeness (QED) is 0.0258. The van der Waals surface area contributed by atoms with Gasteiger partial charge < -0.3 is 99.5 Å². The van der Waals surface area contributed by atoms with Crippen molar-refractivity contribution in [3.05, 3.63) is 98.8 Å². The molecule has 1 aromatic carbocycles. The summed E-state index contributed by atoms with van der Waals surface area (Å²) in [4.78, 5) is 135. The number of aryl methyl sites for hydroxylation is 3. The molecule has 9 rings (SSSR count). The van der Waals surface area contributed by atoms with Crippen LogP contribution in [0.3, 0.4) is 0 Å². The van der Waals surface area contributed by atoms with E-state index in [1.807, 2.05) is 46.8 Å². The van der Waals surface area contributed by atoms with Crippen molar-refractivity contribution in [3.8, 4) is 5.75 Å². The van der Waals surface area contributed by atoms with Crippen LogP contribution in [0, 0.1) is 77.9 Å². The number of ether oxygens (including phenoxy) is 2. The molecular formula is C71H96CoN14O17P. The van der Waals surface area contributed by atoms with E-state index in [0.717, 1.165) is 11.1 Å². The predicted octanol–water partition coefficient (Wildman–Crippen LogP) is 4.57. The number of aliphatic hydroxyl groups excluding tert-OH is 3. The van der Waals surface area contributed by atoms with Crippen LogP contribution in [0.25, 0.3) is 16.4 Å². The normalized spacial score (nSPS) is 29.0. The van der Waals surface area contributed by atoms with Gasteiger partial charge in [0.1, 0.15) is 30.7 Å². The Morgan fingerprint density at radius 3 is 2.05 bits per heavy atom. The number of nitrogens with zero attached hydrogens (tertiary/aromatic N) is 8. The van der Waals surface area contributed by atoms with Crippen molar-refractivity contribution in [1.29, 1.82) is 5.26 Å². The van der Waals surface area contributed by atoms with Crippen LogP contribution in [0.4, 0.5) is 0 Å². The Hall–Kier alpha value is -8.09. The molecule has 0 aliphatic carbocycles. The van der Waals surface area contributed by atoms with Crippen LogP contribution in [0.2, 0.25) is 0 Å². The molecule has 3 aromatic rings. The van der Waals surface area contributed by atoms with E-state index in [4.69, 9.17) is 79.3 Å². The molecule has 0 saturated carbocycles. The molecule has 8 heterocycles. The largest absolute Gasteiger partial charge is 3.00 e. The number of allylic oxidation sites excluding steroid dienone is 6. The summed E-state index contributed by atoms with van der Waals surface area (Å²) in [5, 5.41) is 57.5. The van der Waals surface area contributed by atoms with Crippen LogP contribution in [0.5, 0.6) is 5.75 Å². The average Bonchev–Trinajstić information content (AvgIpc) is 1.53. The zero-order valence-electron chi connectivity index (χ0n) is 60.6. The van der Waals surface area contributed by atoms with Crippen LogP contribution in [0.15, 0.2) is 73.9 Å². The number of pyridine rings is 1. The number of imidazole rings is 1. The van der Waals surface area contributed by atoms with Gasteiger partial charge in [-0.2, -0.15) is 5.70 Å². The van der Waals surface area contributed by atoms with E-state index in [0.29, 0.717) is 56.4 Å². The molecule has 2 fully saturated rings.